The molecular formula is C20H29N3O. The zero-order valence-corrected chi connectivity index (χ0v) is 15.1. The van der Waals surface area contributed by atoms with Crippen molar-refractivity contribution in [3.63, 3.8) is 0 Å². The molecule has 1 aromatic carbocycles. The fourth-order valence-corrected chi connectivity index (χ4v) is 3.79. The first-order valence-electron chi connectivity index (χ1n) is 9.03. The molecule has 0 amide bonds. The number of benzene rings is 1. The van der Waals surface area contributed by atoms with Gasteiger partial charge in [-0.15, -0.1) is 0 Å². The van der Waals surface area contributed by atoms with Gasteiger partial charge in [-0.3, -0.25) is 10.00 Å². The Morgan fingerprint density at radius 3 is 2.92 bits per heavy atom. The first kappa shape index (κ1) is 17.0. The second-order valence-electron chi connectivity index (χ2n) is 7.29. The molecule has 0 unspecified atom stereocenters. The number of rotatable bonds is 6. The summed E-state index contributed by atoms with van der Waals surface area (Å²) in [6, 6.07) is 8.34. The van der Waals surface area contributed by atoms with Gasteiger partial charge in [-0.2, -0.15) is 5.10 Å². The molecule has 24 heavy (non-hydrogen) atoms. The van der Waals surface area contributed by atoms with Crippen LogP contribution in [-0.2, 0) is 13.0 Å². The van der Waals surface area contributed by atoms with Gasteiger partial charge in [-0.25, -0.2) is 0 Å². The van der Waals surface area contributed by atoms with E-state index in [1.54, 1.807) is 7.11 Å². The molecule has 1 aliphatic heterocycles. The number of aromatic nitrogens is 2. The minimum Gasteiger partial charge on any atom is -0.496 e. The number of nitrogens with zero attached hydrogens (tertiary/aromatic N) is 2. The summed E-state index contributed by atoms with van der Waals surface area (Å²) in [6.07, 6.45) is 5.61. The summed E-state index contributed by atoms with van der Waals surface area (Å²) in [6.45, 7) is 7.74. The van der Waals surface area contributed by atoms with Crippen LogP contribution in [0.2, 0.25) is 0 Å². The average Bonchev–Trinajstić information content (AvgIpc) is 3.03. The van der Waals surface area contributed by atoms with Crippen LogP contribution < -0.4 is 4.74 Å². The summed E-state index contributed by atoms with van der Waals surface area (Å²) in [5.74, 6) is 2.21. The van der Waals surface area contributed by atoms with Crippen molar-refractivity contribution in [3.8, 4) is 5.75 Å². The fraction of sp³-hybridized carbons (Fsp3) is 0.550. The molecule has 1 aliphatic rings. The first-order chi connectivity index (χ1) is 11.7. The number of nitrogens with one attached hydrogen (secondary N) is 1. The molecule has 130 valence electrons. The topological polar surface area (TPSA) is 41.1 Å². The van der Waals surface area contributed by atoms with Gasteiger partial charge in [0.1, 0.15) is 5.75 Å². The molecule has 1 N–H and O–H groups in total. The summed E-state index contributed by atoms with van der Waals surface area (Å²) >= 11 is 0. The Kier molecular flexibility index (Phi) is 5.56. The van der Waals surface area contributed by atoms with Crippen molar-refractivity contribution in [2.45, 2.75) is 45.6 Å². The van der Waals surface area contributed by atoms with Gasteiger partial charge in [0.05, 0.1) is 13.3 Å². The van der Waals surface area contributed by atoms with E-state index in [-0.39, 0.29) is 0 Å². The molecular weight excluding hydrogens is 298 g/mol. The van der Waals surface area contributed by atoms with Crippen molar-refractivity contribution < 1.29 is 4.74 Å². The smallest absolute Gasteiger partial charge is 0.123 e. The van der Waals surface area contributed by atoms with Gasteiger partial charge >= 0.3 is 0 Å². The summed E-state index contributed by atoms with van der Waals surface area (Å²) in [5.41, 5.74) is 4.02. The highest BCUT2D eigenvalue weighted by atomic mass is 16.5. The van der Waals surface area contributed by atoms with Gasteiger partial charge in [-0.05, 0) is 43.4 Å². The fourth-order valence-electron chi connectivity index (χ4n) is 3.79. The highest BCUT2D eigenvalue weighted by Crippen LogP contribution is 2.30. The molecule has 4 nitrogen and oxygen atoms in total. The molecule has 0 spiro atoms. The van der Waals surface area contributed by atoms with E-state index in [0.29, 0.717) is 11.8 Å². The van der Waals surface area contributed by atoms with Crippen LogP contribution >= 0.6 is 0 Å². The summed E-state index contributed by atoms with van der Waals surface area (Å²) in [5, 5.41) is 7.61. The van der Waals surface area contributed by atoms with Gasteiger partial charge in [0.15, 0.2) is 0 Å². The molecule has 1 fully saturated rings. The highest BCUT2D eigenvalue weighted by molar-refractivity contribution is 5.33. The molecule has 2 heterocycles. The predicted octanol–water partition coefficient (Wildman–Crippen LogP) is 4.00. The van der Waals surface area contributed by atoms with Crippen LogP contribution in [0.15, 0.2) is 30.5 Å². The number of methoxy groups -OCH3 is 1. The van der Waals surface area contributed by atoms with Gasteiger partial charge < -0.3 is 4.74 Å². The Morgan fingerprint density at radius 2 is 2.12 bits per heavy atom. The Bertz CT molecular complexity index is 650. The zero-order chi connectivity index (χ0) is 16.9. The highest BCUT2D eigenvalue weighted by Gasteiger charge is 2.25. The normalized spacial score (nSPS) is 18.9. The zero-order valence-electron chi connectivity index (χ0n) is 15.1. The van der Waals surface area contributed by atoms with Crippen LogP contribution in [0.5, 0.6) is 5.75 Å². The maximum absolute atomic E-state index is 5.51. The Morgan fingerprint density at radius 1 is 1.29 bits per heavy atom. The molecule has 2 aromatic rings. The Balaban J connectivity index is 1.70. The second kappa shape index (κ2) is 7.84. The van der Waals surface area contributed by atoms with Crippen LogP contribution in [0.4, 0.5) is 0 Å². The molecule has 4 heteroatoms. The van der Waals surface area contributed by atoms with Gasteiger partial charge in [-0.1, -0.05) is 32.0 Å². The van der Waals surface area contributed by atoms with Crippen molar-refractivity contribution in [1.82, 2.24) is 15.1 Å². The SMILES string of the molecule is COc1ccccc1CN1CCC[C@@H](c2[nH]ncc2CC(C)C)C1. The predicted molar refractivity (Wildman–Crippen MR) is 97.4 cm³/mol. The van der Waals surface area contributed by atoms with Crippen LogP contribution in [-0.4, -0.2) is 35.3 Å². The Labute approximate surface area is 145 Å². The third-order valence-corrected chi connectivity index (χ3v) is 4.88. The number of likely N-dealkylation sites (tertiary alicyclic amines) is 1. The maximum atomic E-state index is 5.51. The van der Waals surface area contributed by atoms with Crippen LogP contribution in [0, 0.1) is 5.92 Å². The summed E-state index contributed by atoms with van der Waals surface area (Å²) in [7, 11) is 1.75. The number of hydrogen-bond donors (Lipinski definition) is 1. The van der Waals surface area contributed by atoms with Crippen LogP contribution in [0.3, 0.4) is 0 Å². The molecule has 1 aromatic heterocycles. The lowest BCUT2D eigenvalue weighted by Crippen LogP contribution is -2.34. The molecule has 0 saturated carbocycles. The average molecular weight is 327 g/mol. The van der Waals surface area contributed by atoms with E-state index in [4.69, 9.17) is 4.74 Å². The van der Waals surface area contributed by atoms with Gasteiger partial charge in [0.2, 0.25) is 0 Å². The standard InChI is InChI=1S/C20H29N3O/c1-15(2)11-18-12-21-22-20(18)17-8-6-10-23(14-17)13-16-7-4-5-9-19(16)24-3/h4-5,7,9,12,15,17H,6,8,10-11,13-14H2,1-3H3,(H,21,22)/t17-/m1/s1. The Hall–Kier alpha value is -1.81. The monoisotopic (exact) mass is 327 g/mol. The molecule has 0 aliphatic carbocycles. The van der Waals surface area contributed by atoms with Crippen molar-refractivity contribution in [3.05, 3.63) is 47.3 Å². The number of aromatic amines is 1. The molecule has 0 radical (unpaired) electrons. The number of para-hydroxylation sites is 1. The summed E-state index contributed by atoms with van der Waals surface area (Å²) < 4.78 is 5.51. The van der Waals surface area contributed by atoms with Gasteiger partial charge in [0.25, 0.3) is 0 Å². The molecule has 1 atom stereocenters. The van der Waals surface area contributed by atoms with E-state index in [1.165, 1.54) is 29.7 Å². The maximum Gasteiger partial charge on any atom is 0.123 e. The summed E-state index contributed by atoms with van der Waals surface area (Å²) in [4.78, 5) is 2.55. The third-order valence-electron chi connectivity index (χ3n) is 4.88. The van der Waals surface area contributed by atoms with Crippen molar-refractivity contribution in [2.75, 3.05) is 20.2 Å². The quantitative estimate of drug-likeness (QED) is 0.872. The molecule has 1 saturated heterocycles. The van der Waals surface area contributed by atoms with Crippen LogP contribution in [0.1, 0.15) is 49.4 Å². The van der Waals surface area contributed by atoms with E-state index >= 15 is 0 Å². The minimum atomic E-state index is 0.560. The largest absolute Gasteiger partial charge is 0.496 e. The lowest BCUT2D eigenvalue weighted by atomic mass is 9.90. The van der Waals surface area contributed by atoms with E-state index in [9.17, 15) is 0 Å². The number of ether oxygens (including phenoxy) is 1. The van der Waals surface area contributed by atoms with Crippen LogP contribution in [0.25, 0.3) is 0 Å². The van der Waals surface area contributed by atoms with E-state index in [1.807, 2.05) is 18.3 Å². The second-order valence-corrected chi connectivity index (χ2v) is 7.29. The number of piperidine rings is 1. The lowest BCUT2D eigenvalue weighted by molar-refractivity contribution is 0.196. The number of hydrogen-bond acceptors (Lipinski definition) is 3. The van der Waals surface area contributed by atoms with Gasteiger partial charge in [0, 0.05) is 30.3 Å². The van der Waals surface area contributed by atoms with E-state index in [0.717, 1.165) is 31.8 Å². The van der Waals surface area contributed by atoms with E-state index in [2.05, 4.69) is 41.1 Å². The number of H-pyrrole nitrogens is 1. The van der Waals surface area contributed by atoms with Crippen molar-refractivity contribution in [1.29, 1.82) is 0 Å². The molecule has 0 bridgehead atoms. The minimum absolute atomic E-state index is 0.560. The lowest BCUT2D eigenvalue weighted by Gasteiger charge is -2.33. The van der Waals surface area contributed by atoms with E-state index < -0.39 is 0 Å². The first-order valence-corrected chi connectivity index (χ1v) is 9.03. The van der Waals surface area contributed by atoms with Crippen molar-refractivity contribution >= 4 is 0 Å². The molecule has 3 rings (SSSR count). The third kappa shape index (κ3) is 3.99. The van der Waals surface area contributed by atoms with Crippen molar-refractivity contribution in [2.24, 2.45) is 5.92 Å².